The van der Waals surface area contributed by atoms with E-state index in [0.717, 1.165) is 25.9 Å². The van der Waals surface area contributed by atoms with Gasteiger partial charge in [-0.05, 0) is 43.7 Å². The summed E-state index contributed by atoms with van der Waals surface area (Å²) in [5.74, 6) is 0.879. The molecule has 1 aromatic carbocycles. The van der Waals surface area contributed by atoms with E-state index in [2.05, 4.69) is 6.92 Å². The molecule has 2 fully saturated rings. The molecule has 2 heterocycles. The van der Waals surface area contributed by atoms with Crippen LogP contribution in [0.3, 0.4) is 0 Å². The van der Waals surface area contributed by atoms with Gasteiger partial charge in [-0.15, -0.1) is 0 Å². The number of benzene rings is 1. The number of likely N-dealkylation sites (tertiary alicyclic amines) is 2. The van der Waals surface area contributed by atoms with Crippen LogP contribution < -0.4 is 0 Å². The number of para-hydroxylation sites is 1. The van der Waals surface area contributed by atoms with Crippen LogP contribution in [0.25, 0.3) is 0 Å². The summed E-state index contributed by atoms with van der Waals surface area (Å²) < 4.78 is 0. The second-order valence-electron chi connectivity index (χ2n) is 7.09. The number of amides is 2. The van der Waals surface area contributed by atoms with Crippen LogP contribution in [0.1, 0.15) is 43.0 Å². The van der Waals surface area contributed by atoms with Crippen molar-refractivity contribution >= 4 is 11.8 Å². The number of rotatable bonds is 2. The topological polar surface area (TPSA) is 60.9 Å². The molecular formula is C19H26N2O3. The maximum atomic E-state index is 12.6. The van der Waals surface area contributed by atoms with Gasteiger partial charge in [0.05, 0.1) is 5.56 Å². The third kappa shape index (κ3) is 3.55. The fraction of sp³-hybridized carbons (Fsp3) is 0.579. The van der Waals surface area contributed by atoms with Crippen LogP contribution >= 0.6 is 0 Å². The Morgan fingerprint density at radius 2 is 1.54 bits per heavy atom. The van der Waals surface area contributed by atoms with E-state index in [0.29, 0.717) is 37.4 Å². The molecule has 0 aliphatic carbocycles. The summed E-state index contributed by atoms with van der Waals surface area (Å²) in [6.07, 6.45) is 3.61. The summed E-state index contributed by atoms with van der Waals surface area (Å²) in [6.45, 7) is 5.14. The fourth-order valence-electron chi connectivity index (χ4n) is 3.64. The summed E-state index contributed by atoms with van der Waals surface area (Å²) in [7, 11) is 0. The molecule has 24 heavy (non-hydrogen) atoms. The highest BCUT2D eigenvalue weighted by molar-refractivity contribution is 5.97. The Labute approximate surface area is 143 Å². The first-order chi connectivity index (χ1) is 11.6. The zero-order valence-electron chi connectivity index (χ0n) is 14.3. The smallest absolute Gasteiger partial charge is 0.257 e. The summed E-state index contributed by atoms with van der Waals surface area (Å²) >= 11 is 0. The van der Waals surface area contributed by atoms with Crippen molar-refractivity contribution in [3.63, 3.8) is 0 Å². The minimum atomic E-state index is -0.147. The number of piperidine rings is 2. The van der Waals surface area contributed by atoms with Gasteiger partial charge in [-0.3, -0.25) is 9.59 Å². The second kappa shape index (κ2) is 7.24. The minimum Gasteiger partial charge on any atom is -0.507 e. The highest BCUT2D eigenvalue weighted by atomic mass is 16.3. The van der Waals surface area contributed by atoms with Gasteiger partial charge in [-0.2, -0.15) is 0 Å². The van der Waals surface area contributed by atoms with Gasteiger partial charge in [0, 0.05) is 32.1 Å². The maximum absolute atomic E-state index is 12.6. The lowest BCUT2D eigenvalue weighted by Gasteiger charge is -2.36. The highest BCUT2D eigenvalue weighted by Gasteiger charge is 2.32. The highest BCUT2D eigenvalue weighted by Crippen LogP contribution is 2.25. The van der Waals surface area contributed by atoms with Gasteiger partial charge in [-0.25, -0.2) is 0 Å². The monoisotopic (exact) mass is 330 g/mol. The molecular weight excluding hydrogens is 304 g/mol. The SMILES string of the molecule is CC1CCN(C(=O)C2CCN(C(=O)c3ccccc3O)CC2)CC1. The molecule has 5 nitrogen and oxygen atoms in total. The van der Waals surface area contributed by atoms with Gasteiger partial charge in [0.2, 0.25) is 5.91 Å². The summed E-state index contributed by atoms with van der Waals surface area (Å²) in [5.41, 5.74) is 0.340. The van der Waals surface area contributed by atoms with Crippen LogP contribution in [0, 0.1) is 11.8 Å². The van der Waals surface area contributed by atoms with Crippen molar-refractivity contribution in [1.29, 1.82) is 0 Å². The standard InChI is InChI=1S/C19H26N2O3/c1-14-6-10-20(11-7-14)18(23)15-8-12-21(13-9-15)19(24)16-4-2-3-5-17(16)22/h2-5,14-15,22H,6-13H2,1H3. The van der Waals surface area contributed by atoms with Crippen molar-refractivity contribution in [2.24, 2.45) is 11.8 Å². The molecule has 0 unspecified atom stereocenters. The molecule has 0 spiro atoms. The van der Waals surface area contributed by atoms with E-state index in [4.69, 9.17) is 0 Å². The van der Waals surface area contributed by atoms with E-state index in [9.17, 15) is 14.7 Å². The Bertz CT molecular complexity index is 600. The molecule has 0 bridgehead atoms. The van der Waals surface area contributed by atoms with Crippen LogP contribution in [0.5, 0.6) is 5.75 Å². The van der Waals surface area contributed by atoms with Crippen molar-refractivity contribution in [2.75, 3.05) is 26.2 Å². The van der Waals surface area contributed by atoms with Crippen LogP contribution in [-0.2, 0) is 4.79 Å². The zero-order valence-corrected chi connectivity index (χ0v) is 14.3. The molecule has 5 heteroatoms. The van der Waals surface area contributed by atoms with Crippen molar-refractivity contribution in [1.82, 2.24) is 9.80 Å². The van der Waals surface area contributed by atoms with E-state index in [-0.39, 0.29) is 23.5 Å². The normalized spacial score (nSPS) is 20.2. The predicted octanol–water partition coefficient (Wildman–Crippen LogP) is 2.50. The van der Waals surface area contributed by atoms with Gasteiger partial charge in [0.25, 0.3) is 5.91 Å². The summed E-state index contributed by atoms with van der Waals surface area (Å²) in [5, 5.41) is 9.84. The molecule has 2 amide bonds. The van der Waals surface area contributed by atoms with E-state index in [1.807, 2.05) is 4.90 Å². The minimum absolute atomic E-state index is 0.0168. The summed E-state index contributed by atoms with van der Waals surface area (Å²) in [6, 6.07) is 6.63. The molecule has 130 valence electrons. The van der Waals surface area contributed by atoms with Gasteiger partial charge in [0.1, 0.15) is 5.75 Å². The Balaban J connectivity index is 1.55. The number of carbonyl (C=O) groups is 2. The number of hydrogen-bond acceptors (Lipinski definition) is 3. The molecule has 0 aromatic heterocycles. The molecule has 0 radical (unpaired) electrons. The molecule has 2 aliphatic rings. The van der Waals surface area contributed by atoms with Gasteiger partial charge < -0.3 is 14.9 Å². The van der Waals surface area contributed by atoms with Crippen molar-refractivity contribution < 1.29 is 14.7 Å². The average Bonchev–Trinajstić information content (AvgIpc) is 2.62. The largest absolute Gasteiger partial charge is 0.507 e. The lowest BCUT2D eigenvalue weighted by Crippen LogP contribution is -2.46. The lowest BCUT2D eigenvalue weighted by molar-refractivity contribution is -0.138. The fourth-order valence-corrected chi connectivity index (χ4v) is 3.64. The third-order valence-corrected chi connectivity index (χ3v) is 5.36. The lowest BCUT2D eigenvalue weighted by atomic mass is 9.92. The molecule has 2 saturated heterocycles. The van der Waals surface area contributed by atoms with Crippen molar-refractivity contribution in [3.8, 4) is 5.75 Å². The first kappa shape index (κ1) is 16.8. The van der Waals surface area contributed by atoms with Crippen LogP contribution in [0.2, 0.25) is 0 Å². The van der Waals surface area contributed by atoms with Crippen LogP contribution in [0.15, 0.2) is 24.3 Å². The van der Waals surface area contributed by atoms with E-state index < -0.39 is 0 Å². The quantitative estimate of drug-likeness (QED) is 0.906. The zero-order chi connectivity index (χ0) is 17.1. The molecule has 3 rings (SSSR count). The third-order valence-electron chi connectivity index (χ3n) is 5.36. The number of carbonyl (C=O) groups excluding carboxylic acids is 2. The maximum Gasteiger partial charge on any atom is 0.257 e. The van der Waals surface area contributed by atoms with Crippen LogP contribution in [0.4, 0.5) is 0 Å². The number of aromatic hydroxyl groups is 1. The molecule has 2 aliphatic heterocycles. The number of hydrogen-bond donors (Lipinski definition) is 1. The van der Waals surface area contributed by atoms with Crippen molar-refractivity contribution in [3.05, 3.63) is 29.8 Å². The molecule has 0 atom stereocenters. The Hall–Kier alpha value is -2.04. The number of phenols is 1. The number of phenolic OH excluding ortho intramolecular Hbond substituents is 1. The Morgan fingerprint density at radius 1 is 0.958 bits per heavy atom. The predicted molar refractivity (Wildman–Crippen MR) is 91.7 cm³/mol. The first-order valence-corrected chi connectivity index (χ1v) is 8.92. The van der Waals surface area contributed by atoms with E-state index >= 15 is 0 Å². The van der Waals surface area contributed by atoms with Gasteiger partial charge in [-0.1, -0.05) is 19.1 Å². The second-order valence-corrected chi connectivity index (χ2v) is 7.09. The molecule has 0 saturated carbocycles. The Kier molecular flexibility index (Phi) is 5.07. The molecule has 1 aromatic rings. The Morgan fingerprint density at radius 3 is 2.17 bits per heavy atom. The molecule has 1 N–H and O–H groups in total. The van der Waals surface area contributed by atoms with Crippen molar-refractivity contribution in [2.45, 2.75) is 32.6 Å². The van der Waals surface area contributed by atoms with E-state index in [1.54, 1.807) is 23.1 Å². The van der Waals surface area contributed by atoms with E-state index in [1.165, 1.54) is 6.07 Å². The van der Waals surface area contributed by atoms with Gasteiger partial charge in [0.15, 0.2) is 0 Å². The number of nitrogens with zero attached hydrogens (tertiary/aromatic N) is 2. The first-order valence-electron chi connectivity index (χ1n) is 8.92. The average molecular weight is 330 g/mol. The van der Waals surface area contributed by atoms with Gasteiger partial charge >= 0.3 is 0 Å². The van der Waals surface area contributed by atoms with Crippen LogP contribution in [-0.4, -0.2) is 52.9 Å². The summed E-state index contributed by atoms with van der Waals surface area (Å²) in [4.78, 5) is 28.9.